The summed E-state index contributed by atoms with van der Waals surface area (Å²) in [5.74, 6) is 0.223. The van der Waals surface area contributed by atoms with Crippen LogP contribution in [0.15, 0.2) is 0 Å². The summed E-state index contributed by atoms with van der Waals surface area (Å²) in [6.45, 7) is 2.24. The van der Waals surface area contributed by atoms with Crippen LogP contribution in [0.4, 0.5) is 0 Å². The van der Waals surface area contributed by atoms with Crippen molar-refractivity contribution >= 4 is 5.97 Å². The lowest BCUT2D eigenvalue weighted by Gasteiger charge is -2.64. The van der Waals surface area contributed by atoms with Crippen LogP contribution in [-0.2, 0) is 4.79 Å². The van der Waals surface area contributed by atoms with Crippen molar-refractivity contribution in [2.45, 2.75) is 51.6 Å². The highest BCUT2D eigenvalue weighted by atomic mass is 16.4. The molecular formula is C15H24O4. The molecule has 0 saturated heterocycles. The largest absolute Gasteiger partial charge is 0.479 e. The average molecular weight is 268 g/mol. The first-order chi connectivity index (χ1) is 8.91. The zero-order valence-electron chi connectivity index (χ0n) is 11.5. The molecule has 0 aromatic rings. The summed E-state index contributed by atoms with van der Waals surface area (Å²) in [7, 11) is 0. The van der Waals surface area contributed by atoms with Crippen LogP contribution in [0.5, 0.6) is 0 Å². The zero-order chi connectivity index (χ0) is 13.8. The summed E-state index contributed by atoms with van der Waals surface area (Å²) >= 11 is 0. The average Bonchev–Trinajstić information content (AvgIpc) is 2.35. The quantitative estimate of drug-likeness (QED) is 0.724. The number of hydrogen-bond acceptors (Lipinski definition) is 3. The van der Waals surface area contributed by atoms with Gasteiger partial charge in [0.1, 0.15) is 0 Å². The fourth-order valence-corrected chi connectivity index (χ4v) is 5.76. The Labute approximate surface area is 113 Å². The van der Waals surface area contributed by atoms with Crippen molar-refractivity contribution in [2.24, 2.45) is 28.6 Å². The molecule has 4 aliphatic rings. The lowest BCUT2D eigenvalue weighted by atomic mass is 9.41. The van der Waals surface area contributed by atoms with Crippen molar-refractivity contribution in [3.63, 3.8) is 0 Å². The van der Waals surface area contributed by atoms with E-state index < -0.39 is 17.5 Å². The summed E-state index contributed by atoms with van der Waals surface area (Å²) in [5, 5.41) is 29.0. The molecule has 0 heterocycles. The van der Waals surface area contributed by atoms with Gasteiger partial charge in [0.25, 0.3) is 0 Å². The van der Waals surface area contributed by atoms with Crippen LogP contribution in [0.2, 0.25) is 0 Å². The molecule has 0 radical (unpaired) electrons. The topological polar surface area (TPSA) is 77.8 Å². The van der Waals surface area contributed by atoms with Crippen LogP contribution < -0.4 is 0 Å². The van der Waals surface area contributed by atoms with Gasteiger partial charge in [-0.3, -0.25) is 0 Å². The molecule has 0 amide bonds. The van der Waals surface area contributed by atoms with Crippen molar-refractivity contribution in [1.82, 2.24) is 0 Å². The van der Waals surface area contributed by atoms with Gasteiger partial charge in [-0.15, -0.1) is 0 Å². The number of carboxylic acid groups (broad SMARTS) is 1. The van der Waals surface area contributed by atoms with Gasteiger partial charge in [0.15, 0.2) is 6.10 Å². The highest BCUT2D eigenvalue weighted by Crippen LogP contribution is 2.68. The first-order valence-corrected chi connectivity index (χ1v) is 7.42. The molecule has 4 unspecified atom stereocenters. The lowest BCUT2D eigenvalue weighted by Crippen LogP contribution is -2.59. The van der Waals surface area contributed by atoms with E-state index >= 15 is 0 Å². The van der Waals surface area contributed by atoms with Gasteiger partial charge in [-0.2, -0.15) is 0 Å². The monoisotopic (exact) mass is 268 g/mol. The molecule has 108 valence electrons. The van der Waals surface area contributed by atoms with E-state index in [0.29, 0.717) is 11.8 Å². The molecule has 19 heavy (non-hydrogen) atoms. The number of carbonyl (C=O) groups is 1. The van der Waals surface area contributed by atoms with Gasteiger partial charge in [-0.25, -0.2) is 4.79 Å². The Balaban J connectivity index is 1.95. The second-order valence-corrected chi connectivity index (χ2v) is 7.51. The predicted octanol–water partition coefficient (Wildman–Crippen LogP) is 1.65. The molecule has 0 aromatic carbocycles. The number of rotatable bonds is 4. The van der Waals surface area contributed by atoms with Crippen molar-refractivity contribution in [1.29, 1.82) is 0 Å². The first kappa shape index (κ1) is 13.4. The van der Waals surface area contributed by atoms with E-state index in [1.54, 1.807) is 0 Å². The van der Waals surface area contributed by atoms with Gasteiger partial charge >= 0.3 is 5.97 Å². The van der Waals surface area contributed by atoms with E-state index in [4.69, 9.17) is 0 Å². The maximum atomic E-state index is 11.3. The van der Waals surface area contributed by atoms with Crippen LogP contribution in [0.1, 0.15) is 45.4 Å². The molecule has 0 aromatic heterocycles. The Kier molecular flexibility index (Phi) is 2.95. The summed E-state index contributed by atoms with van der Waals surface area (Å²) in [6, 6.07) is 0. The van der Waals surface area contributed by atoms with Gasteiger partial charge in [-0.05, 0) is 61.7 Å². The predicted molar refractivity (Wildman–Crippen MR) is 69.4 cm³/mol. The van der Waals surface area contributed by atoms with E-state index in [9.17, 15) is 20.1 Å². The van der Waals surface area contributed by atoms with Crippen molar-refractivity contribution in [3.05, 3.63) is 0 Å². The summed E-state index contributed by atoms with van der Waals surface area (Å²) < 4.78 is 0. The minimum absolute atomic E-state index is 0.0647. The molecule has 4 aliphatic carbocycles. The number of aliphatic hydroxyl groups excluding tert-OH is 2. The van der Waals surface area contributed by atoms with Gasteiger partial charge in [0, 0.05) is 12.0 Å². The molecule has 0 spiro atoms. The first-order valence-electron chi connectivity index (χ1n) is 7.42. The van der Waals surface area contributed by atoms with E-state index in [1.165, 1.54) is 6.42 Å². The van der Waals surface area contributed by atoms with Crippen molar-refractivity contribution in [2.75, 3.05) is 6.61 Å². The minimum atomic E-state index is -1.23. The number of hydrogen-bond donors (Lipinski definition) is 3. The highest BCUT2D eigenvalue weighted by molar-refractivity contribution is 5.73. The Morgan fingerprint density at radius 1 is 1.21 bits per heavy atom. The number of aliphatic carboxylic acids is 1. The van der Waals surface area contributed by atoms with Crippen molar-refractivity contribution < 1.29 is 20.1 Å². The van der Waals surface area contributed by atoms with E-state index in [-0.39, 0.29) is 17.9 Å². The maximum Gasteiger partial charge on any atom is 0.333 e. The molecule has 4 heteroatoms. The fraction of sp³-hybridized carbons (Fsp3) is 0.933. The Morgan fingerprint density at radius 3 is 2.21 bits per heavy atom. The highest BCUT2D eigenvalue weighted by Gasteiger charge is 2.62. The van der Waals surface area contributed by atoms with Gasteiger partial charge in [0.05, 0.1) is 0 Å². The minimum Gasteiger partial charge on any atom is -0.479 e. The van der Waals surface area contributed by atoms with Crippen LogP contribution in [0, 0.1) is 28.6 Å². The summed E-state index contributed by atoms with van der Waals surface area (Å²) in [5.41, 5.74) is -0.366. The molecule has 0 aliphatic heterocycles. The molecule has 4 rings (SSSR count). The third-order valence-corrected chi connectivity index (χ3v) is 6.28. The Bertz CT molecular complexity index is 378. The standard InChI is InChI=1S/C15H24O4/c1-9(7-16)14-3-10-2-11(4-14)6-15(5-10,8-14)12(17)13(18)19/h9-12,16-17H,2-8H2,1H3,(H,18,19). The van der Waals surface area contributed by atoms with Crippen LogP contribution in [0.3, 0.4) is 0 Å². The summed E-state index contributed by atoms with van der Waals surface area (Å²) in [4.78, 5) is 11.3. The van der Waals surface area contributed by atoms with Crippen LogP contribution in [-0.4, -0.2) is 34.0 Å². The third kappa shape index (κ3) is 1.83. The van der Waals surface area contributed by atoms with Gasteiger partial charge < -0.3 is 15.3 Å². The molecule has 4 bridgehead atoms. The van der Waals surface area contributed by atoms with Gasteiger partial charge in [0.2, 0.25) is 0 Å². The van der Waals surface area contributed by atoms with E-state index in [1.807, 2.05) is 0 Å². The Morgan fingerprint density at radius 2 is 1.74 bits per heavy atom. The number of carboxylic acids is 1. The second kappa shape index (κ2) is 4.19. The third-order valence-electron chi connectivity index (χ3n) is 6.28. The molecule has 4 saturated carbocycles. The lowest BCUT2D eigenvalue weighted by molar-refractivity contribution is -0.193. The molecule has 3 N–H and O–H groups in total. The normalized spacial score (nSPS) is 47.1. The van der Waals surface area contributed by atoms with Gasteiger partial charge in [-0.1, -0.05) is 6.92 Å². The zero-order valence-corrected chi connectivity index (χ0v) is 11.5. The van der Waals surface area contributed by atoms with Crippen LogP contribution in [0.25, 0.3) is 0 Å². The molecular weight excluding hydrogens is 244 g/mol. The van der Waals surface area contributed by atoms with Crippen LogP contribution >= 0.6 is 0 Å². The van der Waals surface area contributed by atoms with Crippen molar-refractivity contribution in [3.8, 4) is 0 Å². The molecule has 4 fully saturated rings. The molecule has 4 nitrogen and oxygen atoms in total. The summed E-state index contributed by atoms with van der Waals surface area (Å²) in [6.07, 6.45) is 4.67. The van der Waals surface area contributed by atoms with E-state index in [0.717, 1.165) is 32.1 Å². The fourth-order valence-electron chi connectivity index (χ4n) is 5.76. The Hall–Kier alpha value is -0.610. The SMILES string of the molecule is CC(CO)C12CC3CC(C1)CC(C(O)C(=O)O)(C3)C2. The number of aliphatic hydroxyl groups is 2. The van der Waals surface area contributed by atoms with E-state index in [2.05, 4.69) is 6.92 Å². The second-order valence-electron chi connectivity index (χ2n) is 7.51. The maximum absolute atomic E-state index is 11.3. The molecule has 4 atom stereocenters. The smallest absolute Gasteiger partial charge is 0.333 e.